The molecular weight excluding hydrogens is 1120 g/mol. The van der Waals surface area contributed by atoms with Crippen LogP contribution in [0.1, 0.15) is 57.2 Å². The SMILES string of the molecule is CCCS(=O)(=O)Cc1ccc(F)c(-n2cc(-c3cncc(N4CCN(CC)CC4)c3)nn2)c1F.CCCS(=O)(=O)Cc1ccc(F)c(N=[N+]=[N-])c1F.CCN1CCN(c2cncc(C#C[Si](C)(C)C)c2)CC1.[I-]. The third-order valence-electron chi connectivity index (χ3n) is 11.6. The molecule has 0 atom stereocenters. The normalized spacial score (nSPS) is 14.3. The number of nitrogens with zero attached hydrogens (tertiary/aromatic N) is 12. The highest BCUT2D eigenvalue weighted by Crippen LogP contribution is 2.28. The second-order valence-corrected chi connectivity index (χ2v) is 27.5. The number of aromatic nitrogens is 5. The summed E-state index contributed by atoms with van der Waals surface area (Å²) in [4.78, 5) is 20.5. The van der Waals surface area contributed by atoms with Crippen LogP contribution in [-0.2, 0) is 31.2 Å². The molecule has 73 heavy (non-hydrogen) atoms. The molecule has 5 aromatic rings. The molecule has 0 aliphatic carbocycles. The molecule has 2 fully saturated rings. The van der Waals surface area contributed by atoms with Crippen molar-refractivity contribution in [2.75, 3.05) is 86.8 Å². The number of pyridine rings is 2. The first kappa shape index (κ1) is 60.4. The fourth-order valence-electron chi connectivity index (χ4n) is 7.79. The summed E-state index contributed by atoms with van der Waals surface area (Å²) >= 11 is 0. The Labute approximate surface area is 445 Å². The highest BCUT2D eigenvalue weighted by molar-refractivity contribution is 7.90. The average Bonchev–Trinajstić information content (AvgIpc) is 3.84. The largest absolute Gasteiger partial charge is 1.00 e. The Kier molecular flexibility index (Phi) is 23.1. The van der Waals surface area contributed by atoms with Crippen molar-refractivity contribution in [3.05, 3.63) is 118 Å². The molecule has 3 aromatic heterocycles. The van der Waals surface area contributed by atoms with E-state index in [9.17, 15) is 30.0 Å². The van der Waals surface area contributed by atoms with Gasteiger partial charge in [-0.25, -0.2) is 39.1 Å². The van der Waals surface area contributed by atoms with Gasteiger partial charge in [0.25, 0.3) is 0 Å². The number of azide groups is 1. The van der Waals surface area contributed by atoms with Crippen molar-refractivity contribution in [3.8, 4) is 28.4 Å². The van der Waals surface area contributed by atoms with Crippen LogP contribution in [0.5, 0.6) is 0 Å². The average molecular weight is 1180 g/mol. The predicted molar refractivity (Wildman–Crippen MR) is 278 cm³/mol. The van der Waals surface area contributed by atoms with E-state index in [1.54, 1.807) is 26.2 Å². The number of rotatable bonds is 15. The van der Waals surface area contributed by atoms with Crippen LogP contribution in [-0.4, -0.2) is 137 Å². The fraction of sp³-hybridized carbons (Fsp3) is 0.469. The number of hydrogen-bond acceptors (Lipinski definition) is 13. The van der Waals surface area contributed by atoms with Gasteiger partial charge in [0.15, 0.2) is 31.3 Å². The minimum atomic E-state index is -3.50. The van der Waals surface area contributed by atoms with E-state index < -0.39 is 73.9 Å². The van der Waals surface area contributed by atoms with E-state index in [2.05, 4.69) is 101 Å². The van der Waals surface area contributed by atoms with E-state index in [-0.39, 0.29) is 46.6 Å². The lowest BCUT2D eigenvalue weighted by atomic mass is 10.2. The topological polar surface area (TPSA) is 186 Å². The van der Waals surface area contributed by atoms with E-state index in [0.717, 1.165) is 106 Å². The van der Waals surface area contributed by atoms with Crippen molar-refractivity contribution in [3.63, 3.8) is 0 Å². The predicted octanol–water partition coefficient (Wildman–Crippen LogP) is 5.76. The molecule has 0 saturated carbocycles. The van der Waals surface area contributed by atoms with Gasteiger partial charge in [-0.3, -0.25) is 9.97 Å². The van der Waals surface area contributed by atoms with Gasteiger partial charge in [0, 0.05) is 91.9 Å². The molecule has 16 nitrogen and oxygen atoms in total. The third kappa shape index (κ3) is 18.0. The van der Waals surface area contributed by atoms with Crippen molar-refractivity contribution in [1.82, 2.24) is 34.8 Å². The van der Waals surface area contributed by atoms with Crippen LogP contribution < -0.4 is 33.8 Å². The maximum absolute atomic E-state index is 15.2. The molecule has 2 saturated heterocycles. The zero-order valence-corrected chi connectivity index (χ0v) is 47.2. The summed E-state index contributed by atoms with van der Waals surface area (Å²) in [5.74, 6) is -1.87. The Morgan fingerprint density at radius 3 is 1.71 bits per heavy atom. The minimum Gasteiger partial charge on any atom is -1.00 e. The number of hydrogen-bond donors (Lipinski definition) is 0. The molecule has 0 amide bonds. The molecule has 7 rings (SSSR count). The Balaban J connectivity index is 0.000000254. The summed E-state index contributed by atoms with van der Waals surface area (Å²) in [6, 6.07) is 8.24. The van der Waals surface area contributed by atoms with Gasteiger partial charge in [-0.15, -0.1) is 10.6 Å². The molecule has 0 N–H and O–H groups in total. The first-order chi connectivity index (χ1) is 34.2. The molecule has 0 radical (unpaired) electrons. The maximum atomic E-state index is 15.2. The minimum absolute atomic E-state index is 0. The number of halogens is 5. The van der Waals surface area contributed by atoms with Crippen LogP contribution in [0.3, 0.4) is 0 Å². The van der Waals surface area contributed by atoms with E-state index in [1.165, 1.54) is 11.9 Å². The van der Waals surface area contributed by atoms with Gasteiger partial charge in [-0.05, 0) is 55.7 Å². The van der Waals surface area contributed by atoms with Gasteiger partial charge in [-0.2, -0.15) is 0 Å². The fourth-order valence-corrected chi connectivity index (χ4v) is 11.2. The molecule has 2 aromatic carbocycles. The molecule has 5 heterocycles. The van der Waals surface area contributed by atoms with E-state index in [1.807, 2.05) is 18.5 Å². The summed E-state index contributed by atoms with van der Waals surface area (Å²) in [7, 11) is -8.27. The first-order valence-electron chi connectivity index (χ1n) is 23.9. The quantitative estimate of drug-likeness (QED) is 0.0235. The summed E-state index contributed by atoms with van der Waals surface area (Å²) in [6.45, 7) is 24.9. The van der Waals surface area contributed by atoms with E-state index in [0.29, 0.717) is 24.1 Å². The van der Waals surface area contributed by atoms with Gasteiger partial charge < -0.3 is 43.6 Å². The monoisotopic (exact) mass is 1180 g/mol. The Bertz CT molecular complexity index is 2970. The zero-order chi connectivity index (χ0) is 52.6. The van der Waals surface area contributed by atoms with Gasteiger partial charge in [0.05, 0.1) is 53.0 Å². The Morgan fingerprint density at radius 2 is 1.21 bits per heavy atom. The van der Waals surface area contributed by atoms with Crippen molar-refractivity contribution in [1.29, 1.82) is 0 Å². The van der Waals surface area contributed by atoms with Gasteiger partial charge in [0.1, 0.15) is 36.8 Å². The van der Waals surface area contributed by atoms with Crippen LogP contribution in [0, 0.1) is 34.7 Å². The Hall–Kier alpha value is -5.16. The summed E-state index contributed by atoms with van der Waals surface area (Å²) in [5, 5.41) is 10.9. The van der Waals surface area contributed by atoms with Gasteiger partial charge in [0.2, 0.25) is 0 Å². The van der Waals surface area contributed by atoms with Crippen molar-refractivity contribution < 1.29 is 58.4 Å². The molecule has 24 heteroatoms. The number of piperazine rings is 2. The standard InChI is InChI=1S/C23H28F2N6O2S.C16H25N3Si.C10H11F2N3O2S.HI/c1-3-11-34(32,33)16-17-5-6-20(24)23(22(17)25)31-15-21(27-28-31)18-12-19(14-26-13-18)30-9-7-29(4-2)8-10-30;1-5-18-7-9-19(10-8-18)16-12-15(13-17-14-16)6-11-20(2,3)4;1-2-5-18(16,17)6-7-3-4-8(11)10(9(7)12)14-15-13;/h5-6,12-15H,3-4,7-11,16H2,1-2H3;12-14H,5,7-10H2,1-4H3;3-4H,2,5-6H2,1H3;1H/p-1. The number of benzene rings is 2. The lowest BCUT2D eigenvalue weighted by Gasteiger charge is -2.35. The summed E-state index contributed by atoms with van der Waals surface area (Å²) in [5.41, 5.74) is 14.3. The lowest BCUT2D eigenvalue weighted by Crippen LogP contribution is -3.00. The number of anilines is 2. The van der Waals surface area contributed by atoms with Crippen LogP contribution in [0.2, 0.25) is 19.6 Å². The molecule has 396 valence electrons. The second kappa shape index (κ2) is 27.9. The highest BCUT2D eigenvalue weighted by atomic mass is 127. The Morgan fingerprint density at radius 1 is 0.699 bits per heavy atom. The highest BCUT2D eigenvalue weighted by Gasteiger charge is 2.23. The van der Waals surface area contributed by atoms with Gasteiger partial charge in [-0.1, -0.05) is 75.7 Å². The number of sulfone groups is 2. The molecule has 2 aliphatic rings. The molecular formula is C49H64F4IN12O4S2Si-. The molecule has 0 unspecified atom stereocenters. The molecule has 0 bridgehead atoms. The zero-order valence-electron chi connectivity index (χ0n) is 42.4. The van der Waals surface area contributed by atoms with Crippen LogP contribution in [0.25, 0.3) is 27.4 Å². The van der Waals surface area contributed by atoms with Gasteiger partial charge >= 0.3 is 0 Å². The van der Waals surface area contributed by atoms with Crippen molar-refractivity contribution in [2.45, 2.75) is 71.7 Å². The molecule has 0 spiro atoms. The van der Waals surface area contributed by atoms with Crippen LogP contribution >= 0.6 is 0 Å². The summed E-state index contributed by atoms with van der Waals surface area (Å²) in [6.07, 6.45) is 9.50. The smallest absolute Gasteiger partial charge is 0.156 e. The van der Waals surface area contributed by atoms with Crippen molar-refractivity contribution in [2.24, 2.45) is 5.11 Å². The maximum Gasteiger partial charge on any atom is 0.156 e. The van der Waals surface area contributed by atoms with Crippen LogP contribution in [0.4, 0.5) is 34.6 Å². The molecule has 2 aliphatic heterocycles. The lowest BCUT2D eigenvalue weighted by molar-refractivity contribution is -0.0000223. The van der Waals surface area contributed by atoms with E-state index in [4.69, 9.17) is 5.53 Å². The number of likely N-dealkylation sites (N-methyl/N-ethyl adjacent to an activating group) is 2. The van der Waals surface area contributed by atoms with Crippen molar-refractivity contribution >= 4 is 44.8 Å². The first-order valence-corrected chi connectivity index (χ1v) is 31.0. The second-order valence-electron chi connectivity index (χ2n) is 18.4. The third-order valence-corrected chi connectivity index (χ3v) is 16.1. The van der Waals surface area contributed by atoms with Crippen LogP contribution in [0.15, 0.2) is 72.5 Å². The summed E-state index contributed by atoms with van der Waals surface area (Å²) < 4.78 is 105. The van der Waals surface area contributed by atoms with E-state index >= 15 is 4.39 Å².